The summed E-state index contributed by atoms with van der Waals surface area (Å²) < 4.78 is 5.89. The molecule has 0 heterocycles. The smallest absolute Gasteiger partial charge is 0.328 e. The summed E-state index contributed by atoms with van der Waals surface area (Å²) in [5, 5.41) is 9.90. The molecule has 0 saturated heterocycles. The maximum Gasteiger partial charge on any atom is 0.328 e. The lowest BCUT2D eigenvalue weighted by molar-refractivity contribution is -0.131. The van der Waals surface area contributed by atoms with E-state index >= 15 is 0 Å². The van der Waals surface area contributed by atoms with Crippen molar-refractivity contribution >= 4 is 35.2 Å². The van der Waals surface area contributed by atoms with E-state index in [4.69, 9.17) is 33.0 Å². The van der Waals surface area contributed by atoms with Crippen LogP contribution in [0.3, 0.4) is 0 Å². The zero-order valence-electron chi connectivity index (χ0n) is 14.2. The Kier molecular flexibility index (Phi) is 6.17. The molecular weight excluding hydrogens is 383 g/mol. The average molecular weight is 399 g/mol. The van der Waals surface area contributed by atoms with Crippen LogP contribution < -0.4 is 4.74 Å². The third kappa shape index (κ3) is 5.13. The van der Waals surface area contributed by atoms with E-state index in [1.165, 1.54) is 0 Å². The summed E-state index contributed by atoms with van der Waals surface area (Å²) in [5.74, 6) is -0.318. The van der Waals surface area contributed by atoms with Crippen LogP contribution in [0.2, 0.25) is 10.0 Å². The van der Waals surface area contributed by atoms with Gasteiger partial charge in [0.1, 0.15) is 12.4 Å². The minimum absolute atomic E-state index is 0.343. The fourth-order valence-corrected chi connectivity index (χ4v) is 2.92. The van der Waals surface area contributed by atoms with Gasteiger partial charge in [0.15, 0.2) is 0 Å². The molecule has 27 heavy (non-hydrogen) atoms. The van der Waals surface area contributed by atoms with Crippen molar-refractivity contribution in [2.24, 2.45) is 0 Å². The molecule has 1 N–H and O–H groups in total. The molecule has 0 aliphatic heterocycles. The molecule has 0 amide bonds. The highest BCUT2D eigenvalue weighted by molar-refractivity contribution is 6.42. The fraction of sp³-hybridized carbons (Fsp3) is 0.0455. The van der Waals surface area contributed by atoms with Gasteiger partial charge in [0.25, 0.3) is 0 Å². The largest absolute Gasteiger partial charge is 0.489 e. The predicted octanol–water partition coefficient (Wildman–Crippen LogP) is 6.34. The molecule has 0 bridgehead atoms. The second kappa shape index (κ2) is 8.76. The highest BCUT2D eigenvalue weighted by Crippen LogP contribution is 2.30. The third-order valence-corrected chi connectivity index (χ3v) is 4.64. The first-order valence-electron chi connectivity index (χ1n) is 8.20. The number of carboxylic acids is 1. The monoisotopic (exact) mass is 398 g/mol. The van der Waals surface area contributed by atoms with Crippen molar-refractivity contribution < 1.29 is 14.6 Å². The molecule has 0 atom stereocenters. The van der Waals surface area contributed by atoms with Gasteiger partial charge in [-0.25, -0.2) is 4.79 Å². The minimum atomic E-state index is -0.992. The van der Waals surface area contributed by atoms with E-state index in [0.29, 0.717) is 22.4 Å². The van der Waals surface area contributed by atoms with Crippen molar-refractivity contribution in [3.05, 3.63) is 94.0 Å². The summed E-state index contributed by atoms with van der Waals surface area (Å²) in [6.45, 7) is 0.343. The molecule has 3 aromatic carbocycles. The average Bonchev–Trinajstić information content (AvgIpc) is 2.68. The Hall–Kier alpha value is -2.75. The Morgan fingerprint density at radius 2 is 1.74 bits per heavy atom. The quantitative estimate of drug-likeness (QED) is 0.492. The summed E-state index contributed by atoms with van der Waals surface area (Å²) in [6.07, 6.45) is 2.70. The van der Waals surface area contributed by atoms with Crippen LogP contribution in [0.1, 0.15) is 11.1 Å². The van der Waals surface area contributed by atoms with E-state index in [9.17, 15) is 4.79 Å². The van der Waals surface area contributed by atoms with E-state index in [1.807, 2.05) is 54.6 Å². The summed E-state index contributed by atoms with van der Waals surface area (Å²) in [6, 6.07) is 20.6. The molecule has 0 aliphatic rings. The van der Waals surface area contributed by atoms with Crippen LogP contribution in [0.25, 0.3) is 17.2 Å². The summed E-state index contributed by atoms with van der Waals surface area (Å²) in [7, 11) is 0. The van der Waals surface area contributed by atoms with Gasteiger partial charge in [0.05, 0.1) is 10.0 Å². The van der Waals surface area contributed by atoms with Crippen LogP contribution in [0.5, 0.6) is 5.75 Å². The first-order valence-corrected chi connectivity index (χ1v) is 8.96. The maximum absolute atomic E-state index is 10.9. The standard InChI is InChI=1S/C22H16Cl2O3/c23-20-10-6-15(12-21(20)24)14-27-18-9-7-17(8-11-22(25)26)19(13-18)16-4-2-1-3-5-16/h1-13H,14H2,(H,25,26). The lowest BCUT2D eigenvalue weighted by Gasteiger charge is -2.12. The second-order valence-corrected chi connectivity index (χ2v) is 6.64. The molecule has 0 aliphatic carbocycles. The van der Waals surface area contributed by atoms with Crippen molar-refractivity contribution in [3.8, 4) is 16.9 Å². The third-order valence-electron chi connectivity index (χ3n) is 3.90. The number of carbonyl (C=O) groups is 1. The van der Waals surface area contributed by atoms with E-state index in [0.717, 1.165) is 28.3 Å². The number of hydrogen-bond acceptors (Lipinski definition) is 2. The normalized spacial score (nSPS) is 10.9. The fourth-order valence-electron chi connectivity index (χ4n) is 2.60. The van der Waals surface area contributed by atoms with Gasteiger partial charge in [-0.2, -0.15) is 0 Å². The molecule has 0 radical (unpaired) electrons. The number of carboxylic acid groups (broad SMARTS) is 1. The topological polar surface area (TPSA) is 46.5 Å². The zero-order chi connectivity index (χ0) is 19.2. The number of benzene rings is 3. The van der Waals surface area contributed by atoms with Crippen LogP contribution >= 0.6 is 23.2 Å². The Morgan fingerprint density at radius 3 is 2.44 bits per heavy atom. The molecule has 3 aromatic rings. The Balaban J connectivity index is 1.88. The number of hydrogen-bond donors (Lipinski definition) is 1. The summed E-state index contributed by atoms with van der Waals surface area (Å²) >= 11 is 12.0. The molecule has 5 heteroatoms. The molecule has 0 spiro atoms. The minimum Gasteiger partial charge on any atom is -0.489 e. The molecule has 0 saturated carbocycles. The van der Waals surface area contributed by atoms with Crippen molar-refractivity contribution in [1.29, 1.82) is 0 Å². The molecule has 3 rings (SSSR count). The molecule has 0 unspecified atom stereocenters. The van der Waals surface area contributed by atoms with Crippen molar-refractivity contribution in [3.63, 3.8) is 0 Å². The van der Waals surface area contributed by atoms with Gasteiger partial charge in [-0.15, -0.1) is 0 Å². The van der Waals surface area contributed by atoms with E-state index in [-0.39, 0.29) is 0 Å². The van der Waals surface area contributed by atoms with Crippen molar-refractivity contribution in [1.82, 2.24) is 0 Å². The van der Waals surface area contributed by atoms with Crippen LogP contribution in [-0.2, 0) is 11.4 Å². The highest BCUT2D eigenvalue weighted by atomic mass is 35.5. The predicted molar refractivity (Wildman–Crippen MR) is 109 cm³/mol. The van der Waals surface area contributed by atoms with Crippen LogP contribution in [-0.4, -0.2) is 11.1 Å². The Morgan fingerprint density at radius 1 is 0.963 bits per heavy atom. The molecule has 0 fully saturated rings. The second-order valence-electron chi connectivity index (χ2n) is 5.82. The van der Waals surface area contributed by atoms with Gasteiger partial charge in [-0.3, -0.25) is 0 Å². The van der Waals surface area contributed by atoms with Gasteiger partial charge in [-0.1, -0.05) is 65.7 Å². The van der Waals surface area contributed by atoms with E-state index in [1.54, 1.807) is 18.2 Å². The van der Waals surface area contributed by atoms with Crippen LogP contribution in [0, 0.1) is 0 Å². The van der Waals surface area contributed by atoms with Crippen molar-refractivity contribution in [2.75, 3.05) is 0 Å². The molecule has 136 valence electrons. The molecular formula is C22H16Cl2O3. The van der Waals surface area contributed by atoms with Gasteiger partial charge in [0, 0.05) is 6.08 Å². The number of aliphatic carboxylic acids is 1. The first kappa shape index (κ1) is 19.0. The lowest BCUT2D eigenvalue weighted by Crippen LogP contribution is -1.96. The first-order chi connectivity index (χ1) is 13.0. The molecule has 0 aromatic heterocycles. The highest BCUT2D eigenvalue weighted by Gasteiger charge is 2.07. The summed E-state index contributed by atoms with van der Waals surface area (Å²) in [4.78, 5) is 10.9. The van der Waals surface area contributed by atoms with Gasteiger partial charge in [0.2, 0.25) is 0 Å². The molecule has 3 nitrogen and oxygen atoms in total. The Bertz CT molecular complexity index is 982. The number of halogens is 2. The Labute approximate surface area is 167 Å². The van der Waals surface area contributed by atoms with Gasteiger partial charge in [-0.05, 0) is 52.6 Å². The van der Waals surface area contributed by atoms with Gasteiger partial charge < -0.3 is 9.84 Å². The van der Waals surface area contributed by atoms with Crippen molar-refractivity contribution in [2.45, 2.75) is 6.61 Å². The van der Waals surface area contributed by atoms with Gasteiger partial charge >= 0.3 is 5.97 Å². The van der Waals surface area contributed by atoms with Crippen LogP contribution in [0.15, 0.2) is 72.8 Å². The summed E-state index contributed by atoms with van der Waals surface area (Å²) in [5.41, 5.74) is 3.56. The zero-order valence-corrected chi connectivity index (χ0v) is 15.7. The lowest BCUT2D eigenvalue weighted by atomic mass is 9.99. The number of rotatable bonds is 6. The van der Waals surface area contributed by atoms with E-state index in [2.05, 4.69) is 0 Å². The van der Waals surface area contributed by atoms with Crippen LogP contribution in [0.4, 0.5) is 0 Å². The SMILES string of the molecule is O=C(O)C=Cc1ccc(OCc2ccc(Cl)c(Cl)c2)cc1-c1ccccc1. The maximum atomic E-state index is 10.9. The number of ether oxygens (including phenoxy) is 1. The van der Waals surface area contributed by atoms with E-state index < -0.39 is 5.97 Å².